The predicted octanol–water partition coefficient (Wildman–Crippen LogP) is 2.50. The summed E-state index contributed by atoms with van der Waals surface area (Å²) in [5, 5.41) is 0.444. The fourth-order valence-corrected chi connectivity index (χ4v) is 2.90. The van der Waals surface area contributed by atoms with E-state index in [-0.39, 0.29) is 5.91 Å². The molecule has 0 bridgehead atoms. The van der Waals surface area contributed by atoms with Crippen LogP contribution in [-0.2, 0) is 0 Å². The molecule has 0 aliphatic carbocycles. The molecule has 1 heterocycles. The monoisotopic (exact) mass is 270 g/mol. The average molecular weight is 271 g/mol. The number of carbonyl (C=O) groups is 1. The third kappa shape index (κ3) is 2.87. The van der Waals surface area contributed by atoms with Crippen LogP contribution in [0.4, 0.5) is 5.69 Å². The number of nitrogens with zero attached hydrogens (tertiary/aromatic N) is 1. The van der Waals surface area contributed by atoms with Crippen molar-refractivity contribution in [3.05, 3.63) is 28.8 Å². The number of hydrogen-bond donors (Lipinski definition) is 1. The fraction of sp³-hybridized carbons (Fsp3) is 0.417. The second-order valence-electron chi connectivity index (χ2n) is 3.96. The number of amides is 1. The molecule has 17 heavy (non-hydrogen) atoms. The van der Waals surface area contributed by atoms with E-state index in [2.05, 4.69) is 0 Å². The summed E-state index contributed by atoms with van der Waals surface area (Å²) < 4.78 is 0. The lowest BCUT2D eigenvalue weighted by molar-refractivity contribution is 0.0769. The Hall–Kier alpha value is -0.870. The molecule has 3 nitrogen and oxygen atoms in total. The van der Waals surface area contributed by atoms with Gasteiger partial charge in [0.15, 0.2) is 0 Å². The maximum absolute atomic E-state index is 12.3. The zero-order chi connectivity index (χ0) is 12.3. The van der Waals surface area contributed by atoms with E-state index in [1.165, 1.54) is 0 Å². The predicted molar refractivity (Wildman–Crippen MR) is 73.7 cm³/mol. The minimum Gasteiger partial charge on any atom is -0.397 e. The van der Waals surface area contributed by atoms with Crippen LogP contribution in [0.25, 0.3) is 0 Å². The number of hydrogen-bond acceptors (Lipinski definition) is 3. The van der Waals surface area contributed by atoms with E-state index in [9.17, 15) is 4.79 Å². The molecule has 0 aromatic heterocycles. The van der Waals surface area contributed by atoms with Crippen molar-refractivity contribution in [3.63, 3.8) is 0 Å². The molecule has 1 aromatic rings. The van der Waals surface area contributed by atoms with Gasteiger partial charge in [-0.25, -0.2) is 0 Å². The summed E-state index contributed by atoms with van der Waals surface area (Å²) in [4.78, 5) is 14.2. The van der Waals surface area contributed by atoms with Crippen LogP contribution in [0.5, 0.6) is 0 Å². The van der Waals surface area contributed by atoms with Gasteiger partial charge in [0.05, 0.1) is 16.3 Å². The van der Waals surface area contributed by atoms with Gasteiger partial charge in [0.25, 0.3) is 5.91 Å². The van der Waals surface area contributed by atoms with E-state index in [1.807, 2.05) is 16.7 Å². The van der Waals surface area contributed by atoms with Gasteiger partial charge in [-0.15, -0.1) is 0 Å². The summed E-state index contributed by atoms with van der Waals surface area (Å²) in [5.41, 5.74) is 6.75. The van der Waals surface area contributed by atoms with Crippen molar-refractivity contribution in [2.75, 3.05) is 30.3 Å². The van der Waals surface area contributed by atoms with Crippen LogP contribution in [0.2, 0.25) is 5.02 Å². The highest BCUT2D eigenvalue weighted by Crippen LogP contribution is 2.24. The SMILES string of the molecule is Nc1c(Cl)cccc1C(=O)N1CCCSCC1. The van der Waals surface area contributed by atoms with Gasteiger partial charge in [-0.05, 0) is 24.3 Å². The molecule has 2 rings (SSSR count). The molecule has 1 amide bonds. The van der Waals surface area contributed by atoms with Crippen molar-refractivity contribution in [2.24, 2.45) is 0 Å². The first kappa shape index (κ1) is 12.6. The quantitative estimate of drug-likeness (QED) is 0.798. The molecular weight excluding hydrogens is 256 g/mol. The second kappa shape index (κ2) is 5.65. The average Bonchev–Trinajstić information content (AvgIpc) is 2.60. The summed E-state index contributed by atoms with van der Waals surface area (Å²) in [5.74, 6) is 2.11. The molecule has 0 unspecified atom stereocenters. The lowest BCUT2D eigenvalue weighted by atomic mass is 10.1. The van der Waals surface area contributed by atoms with E-state index in [0.29, 0.717) is 16.3 Å². The largest absolute Gasteiger partial charge is 0.397 e. The Bertz CT molecular complexity index is 417. The van der Waals surface area contributed by atoms with Gasteiger partial charge in [0.2, 0.25) is 0 Å². The van der Waals surface area contributed by atoms with Gasteiger partial charge in [-0.2, -0.15) is 11.8 Å². The van der Waals surface area contributed by atoms with Crippen molar-refractivity contribution >= 4 is 35.0 Å². The van der Waals surface area contributed by atoms with E-state index in [0.717, 1.165) is 31.0 Å². The maximum Gasteiger partial charge on any atom is 0.256 e. The minimum absolute atomic E-state index is 0.00694. The Kier molecular flexibility index (Phi) is 4.18. The number of anilines is 1. The Morgan fingerprint density at radius 3 is 3.00 bits per heavy atom. The third-order valence-corrected chi connectivity index (χ3v) is 4.17. The van der Waals surface area contributed by atoms with Gasteiger partial charge in [0, 0.05) is 18.8 Å². The Labute approximate surface area is 110 Å². The van der Waals surface area contributed by atoms with Crippen LogP contribution >= 0.6 is 23.4 Å². The Balaban J connectivity index is 2.20. The number of thioether (sulfide) groups is 1. The van der Waals surface area contributed by atoms with Crippen LogP contribution in [-0.4, -0.2) is 35.4 Å². The zero-order valence-electron chi connectivity index (χ0n) is 9.49. The Morgan fingerprint density at radius 2 is 2.18 bits per heavy atom. The van der Waals surface area contributed by atoms with E-state index >= 15 is 0 Å². The van der Waals surface area contributed by atoms with Crippen LogP contribution in [0.3, 0.4) is 0 Å². The number of nitrogen functional groups attached to an aromatic ring is 1. The number of para-hydroxylation sites is 1. The van der Waals surface area contributed by atoms with Gasteiger partial charge < -0.3 is 10.6 Å². The molecule has 5 heteroatoms. The van der Waals surface area contributed by atoms with E-state index < -0.39 is 0 Å². The molecule has 0 atom stereocenters. The first-order chi connectivity index (χ1) is 8.20. The molecule has 1 aromatic carbocycles. The molecule has 1 aliphatic rings. The first-order valence-electron chi connectivity index (χ1n) is 5.61. The minimum atomic E-state index is -0.00694. The zero-order valence-corrected chi connectivity index (χ0v) is 11.1. The molecular formula is C12H15ClN2OS. The van der Waals surface area contributed by atoms with Gasteiger partial charge in [0.1, 0.15) is 0 Å². The summed E-state index contributed by atoms with van der Waals surface area (Å²) in [6.45, 7) is 1.59. The van der Waals surface area contributed by atoms with Crippen LogP contribution in [0.1, 0.15) is 16.8 Å². The number of benzene rings is 1. The fourth-order valence-electron chi connectivity index (χ4n) is 1.84. The van der Waals surface area contributed by atoms with Crippen molar-refractivity contribution in [1.82, 2.24) is 4.90 Å². The molecule has 0 radical (unpaired) electrons. The Morgan fingerprint density at radius 1 is 1.35 bits per heavy atom. The lowest BCUT2D eigenvalue weighted by Crippen LogP contribution is -2.33. The molecule has 92 valence electrons. The topological polar surface area (TPSA) is 46.3 Å². The van der Waals surface area contributed by atoms with E-state index in [1.54, 1.807) is 18.2 Å². The molecule has 1 aliphatic heterocycles. The normalized spacial score (nSPS) is 16.6. The molecule has 0 saturated carbocycles. The standard InChI is InChI=1S/C12H15ClN2OS/c13-10-4-1-3-9(11(10)14)12(16)15-5-2-7-17-8-6-15/h1,3-4H,2,5-8,14H2. The van der Waals surface area contributed by atoms with Crippen LogP contribution in [0.15, 0.2) is 18.2 Å². The molecule has 0 spiro atoms. The van der Waals surface area contributed by atoms with Crippen LogP contribution in [0, 0.1) is 0 Å². The lowest BCUT2D eigenvalue weighted by Gasteiger charge is -2.21. The van der Waals surface area contributed by atoms with E-state index in [4.69, 9.17) is 17.3 Å². The van der Waals surface area contributed by atoms with Crippen molar-refractivity contribution in [2.45, 2.75) is 6.42 Å². The van der Waals surface area contributed by atoms with Gasteiger partial charge >= 0.3 is 0 Å². The molecule has 1 saturated heterocycles. The maximum atomic E-state index is 12.3. The highest BCUT2D eigenvalue weighted by molar-refractivity contribution is 7.99. The first-order valence-corrected chi connectivity index (χ1v) is 7.14. The van der Waals surface area contributed by atoms with Crippen molar-refractivity contribution in [3.8, 4) is 0 Å². The van der Waals surface area contributed by atoms with Gasteiger partial charge in [-0.3, -0.25) is 4.79 Å². The second-order valence-corrected chi connectivity index (χ2v) is 5.59. The third-order valence-electron chi connectivity index (χ3n) is 2.79. The smallest absolute Gasteiger partial charge is 0.256 e. The molecule has 2 N–H and O–H groups in total. The van der Waals surface area contributed by atoms with Crippen molar-refractivity contribution in [1.29, 1.82) is 0 Å². The van der Waals surface area contributed by atoms with Crippen LogP contribution < -0.4 is 5.73 Å². The molecule has 1 fully saturated rings. The summed E-state index contributed by atoms with van der Waals surface area (Å²) in [6.07, 6.45) is 1.04. The summed E-state index contributed by atoms with van der Waals surface area (Å²) >= 11 is 7.82. The number of nitrogens with two attached hydrogens (primary N) is 1. The summed E-state index contributed by atoms with van der Waals surface area (Å²) in [6, 6.07) is 5.20. The number of halogens is 1. The number of carbonyl (C=O) groups excluding carboxylic acids is 1. The highest BCUT2D eigenvalue weighted by atomic mass is 35.5. The van der Waals surface area contributed by atoms with Crippen molar-refractivity contribution < 1.29 is 4.79 Å². The summed E-state index contributed by atoms with van der Waals surface area (Å²) in [7, 11) is 0. The number of rotatable bonds is 1. The highest BCUT2D eigenvalue weighted by Gasteiger charge is 2.20. The van der Waals surface area contributed by atoms with Gasteiger partial charge in [-0.1, -0.05) is 17.7 Å².